The van der Waals surface area contributed by atoms with Gasteiger partial charge in [-0.3, -0.25) is 14.4 Å². The molecule has 0 bridgehead atoms. The molecule has 2 atom stereocenters. The highest BCUT2D eigenvalue weighted by molar-refractivity contribution is 5.76. The van der Waals surface area contributed by atoms with Gasteiger partial charge in [0, 0.05) is 6.92 Å². The Morgan fingerprint density at radius 2 is 0.898 bits per heavy atom. The molecule has 7 heteroatoms. The number of carbonyl (C=O) groups is 3. The van der Waals surface area contributed by atoms with E-state index in [1.807, 2.05) is 119 Å². The molecule has 7 nitrogen and oxygen atoms in total. The number of phenols is 1. The van der Waals surface area contributed by atoms with E-state index in [4.69, 9.17) is 19.3 Å². The minimum absolute atomic E-state index is 0.113. The van der Waals surface area contributed by atoms with Gasteiger partial charge in [0.1, 0.15) is 22.7 Å². The lowest BCUT2D eigenvalue weighted by molar-refractivity contribution is -0.166. The lowest BCUT2D eigenvalue weighted by Crippen LogP contribution is -2.33. The van der Waals surface area contributed by atoms with E-state index in [0.29, 0.717) is 23.3 Å². The molecule has 2 unspecified atom stereocenters. The van der Waals surface area contributed by atoms with Gasteiger partial charge in [0.05, 0.1) is 10.8 Å². The van der Waals surface area contributed by atoms with E-state index in [2.05, 4.69) is 27.7 Å². The van der Waals surface area contributed by atoms with Gasteiger partial charge >= 0.3 is 17.9 Å². The molecular weight excluding hydrogens is 616 g/mol. The number of aromatic hydroxyl groups is 1. The van der Waals surface area contributed by atoms with E-state index in [1.54, 1.807) is 12.1 Å². The minimum atomic E-state index is -0.372. The maximum Gasteiger partial charge on any atom is 0.312 e. The molecule has 49 heavy (non-hydrogen) atoms. The van der Waals surface area contributed by atoms with Crippen LogP contribution in [0.4, 0.5) is 0 Å². The zero-order chi connectivity index (χ0) is 38.8. The molecule has 0 saturated heterocycles. The van der Waals surface area contributed by atoms with Crippen molar-refractivity contribution >= 4 is 17.9 Å². The fourth-order valence-corrected chi connectivity index (χ4v) is 3.43. The molecule has 1 N–H and O–H groups in total. The highest BCUT2D eigenvalue weighted by Gasteiger charge is 2.31. The SMILES string of the molecule is CCC(C)(C)C(=O)OC(C)(C)C.CCC(C)(C)C(=O)OC(C)(C)C.CCC(C)c1ccc(O)cc1.CCC(C)c1ccc(OC(C)=O)cc1. The van der Waals surface area contributed by atoms with Crippen LogP contribution < -0.4 is 4.74 Å². The summed E-state index contributed by atoms with van der Waals surface area (Å²) in [4.78, 5) is 33.6. The van der Waals surface area contributed by atoms with Gasteiger partial charge in [-0.05, 0) is 142 Å². The lowest BCUT2D eigenvalue weighted by atomic mass is 9.90. The number of rotatable bonds is 9. The first-order valence-electron chi connectivity index (χ1n) is 17.8. The maximum absolute atomic E-state index is 11.5. The second-order valence-electron chi connectivity index (χ2n) is 15.9. The van der Waals surface area contributed by atoms with Crippen LogP contribution in [0.1, 0.15) is 166 Å². The summed E-state index contributed by atoms with van der Waals surface area (Å²) in [6.45, 7) is 33.0. The first kappa shape index (κ1) is 47.8. The van der Waals surface area contributed by atoms with Gasteiger partial charge < -0.3 is 19.3 Å². The summed E-state index contributed by atoms with van der Waals surface area (Å²) in [6, 6.07) is 15.1. The number of ether oxygens (including phenoxy) is 3. The molecule has 0 saturated carbocycles. The fraction of sp³-hybridized carbons (Fsp3) is 0.643. The standard InChI is InChI=1S/C12H16O2.2C10H20O2.C10H14O/c1-4-9(2)11-5-7-12(8-6-11)14-10(3)13;2*1-7-10(5,6)8(11)12-9(2,3)4;1-3-8(2)9-4-6-10(11)7-5-9/h5-9H,4H2,1-3H3;2*7H2,1-6H3;4-8,11H,3H2,1-2H3. The third-order valence-corrected chi connectivity index (χ3v) is 8.07. The molecule has 2 aromatic rings. The molecule has 0 amide bonds. The third-order valence-electron chi connectivity index (χ3n) is 8.07. The number of hydrogen-bond donors (Lipinski definition) is 1. The summed E-state index contributed by atoms with van der Waals surface area (Å²) >= 11 is 0. The van der Waals surface area contributed by atoms with Gasteiger partial charge in [-0.2, -0.15) is 0 Å². The largest absolute Gasteiger partial charge is 0.508 e. The predicted octanol–water partition coefficient (Wildman–Crippen LogP) is 11.6. The molecule has 0 aliphatic rings. The summed E-state index contributed by atoms with van der Waals surface area (Å²) in [5.74, 6) is 1.61. The van der Waals surface area contributed by atoms with Crippen LogP contribution in [-0.2, 0) is 23.9 Å². The van der Waals surface area contributed by atoms with Crippen LogP contribution in [0.25, 0.3) is 0 Å². The average molecular weight is 687 g/mol. The van der Waals surface area contributed by atoms with E-state index in [-0.39, 0.29) is 39.9 Å². The zero-order valence-electron chi connectivity index (χ0n) is 34.0. The summed E-state index contributed by atoms with van der Waals surface area (Å²) < 4.78 is 15.5. The van der Waals surface area contributed by atoms with Crippen molar-refractivity contribution in [2.45, 2.75) is 166 Å². The van der Waals surface area contributed by atoms with Crippen LogP contribution in [0.3, 0.4) is 0 Å². The van der Waals surface area contributed by atoms with Crippen LogP contribution in [-0.4, -0.2) is 34.2 Å². The Morgan fingerprint density at radius 3 is 1.14 bits per heavy atom. The number of phenolic OH excluding ortho intramolecular Hbond substituents is 1. The Bertz CT molecular complexity index is 1190. The molecule has 2 aromatic carbocycles. The fourth-order valence-electron chi connectivity index (χ4n) is 3.43. The molecule has 0 radical (unpaired) electrons. The number of hydrogen-bond acceptors (Lipinski definition) is 7. The second kappa shape index (κ2) is 21.7. The van der Waals surface area contributed by atoms with Gasteiger partial charge in [-0.25, -0.2) is 0 Å². The molecule has 280 valence electrons. The van der Waals surface area contributed by atoms with Gasteiger partial charge in [0.15, 0.2) is 0 Å². The Hall–Kier alpha value is -3.35. The summed E-state index contributed by atoms with van der Waals surface area (Å²) in [5, 5.41) is 9.01. The Balaban J connectivity index is 0. The van der Waals surface area contributed by atoms with Crippen molar-refractivity contribution < 1.29 is 33.7 Å². The quantitative estimate of drug-likeness (QED) is 0.207. The van der Waals surface area contributed by atoms with E-state index < -0.39 is 0 Å². The monoisotopic (exact) mass is 687 g/mol. The van der Waals surface area contributed by atoms with Gasteiger partial charge in [-0.1, -0.05) is 65.8 Å². The molecule has 0 spiro atoms. The number of carbonyl (C=O) groups excluding carboxylic acids is 3. The first-order valence-corrected chi connectivity index (χ1v) is 17.8. The molecule has 0 fully saturated rings. The molecule has 0 aromatic heterocycles. The number of benzene rings is 2. The average Bonchev–Trinajstić information content (AvgIpc) is 3.00. The molecule has 2 rings (SSSR count). The predicted molar refractivity (Wildman–Crippen MR) is 203 cm³/mol. The van der Waals surface area contributed by atoms with Crippen molar-refractivity contribution in [1.29, 1.82) is 0 Å². The summed E-state index contributed by atoms with van der Waals surface area (Å²) in [6.07, 6.45) is 3.88. The van der Waals surface area contributed by atoms with Gasteiger partial charge in [0.25, 0.3) is 0 Å². The first-order chi connectivity index (χ1) is 22.2. The lowest BCUT2D eigenvalue weighted by Gasteiger charge is -2.27. The molecule has 0 aliphatic carbocycles. The number of esters is 3. The highest BCUT2D eigenvalue weighted by atomic mass is 16.6. The maximum atomic E-state index is 11.5. The Morgan fingerprint density at radius 1 is 0.592 bits per heavy atom. The summed E-state index contributed by atoms with van der Waals surface area (Å²) in [7, 11) is 0. The van der Waals surface area contributed by atoms with E-state index in [9.17, 15) is 14.4 Å². The van der Waals surface area contributed by atoms with Crippen molar-refractivity contribution in [3.8, 4) is 11.5 Å². The van der Waals surface area contributed by atoms with Crippen LogP contribution in [0.2, 0.25) is 0 Å². The normalized spacial score (nSPS) is 12.7. The minimum Gasteiger partial charge on any atom is -0.508 e. The summed E-state index contributed by atoms with van der Waals surface area (Å²) in [5.41, 5.74) is 1.13. The smallest absolute Gasteiger partial charge is 0.312 e. The van der Waals surface area contributed by atoms with E-state index in [0.717, 1.165) is 25.7 Å². The van der Waals surface area contributed by atoms with Crippen molar-refractivity contribution in [3.63, 3.8) is 0 Å². The van der Waals surface area contributed by atoms with Crippen LogP contribution >= 0.6 is 0 Å². The van der Waals surface area contributed by atoms with Crippen LogP contribution in [0.5, 0.6) is 11.5 Å². The van der Waals surface area contributed by atoms with Crippen molar-refractivity contribution in [1.82, 2.24) is 0 Å². The topological polar surface area (TPSA) is 99.1 Å². The highest BCUT2D eigenvalue weighted by Crippen LogP contribution is 2.26. The van der Waals surface area contributed by atoms with E-state index >= 15 is 0 Å². The van der Waals surface area contributed by atoms with E-state index in [1.165, 1.54) is 18.1 Å². The molecular formula is C42H70O7. The van der Waals surface area contributed by atoms with Crippen molar-refractivity contribution in [3.05, 3.63) is 59.7 Å². The van der Waals surface area contributed by atoms with Gasteiger partial charge in [-0.15, -0.1) is 0 Å². The molecule has 0 heterocycles. The zero-order valence-corrected chi connectivity index (χ0v) is 34.0. The third kappa shape index (κ3) is 22.1. The van der Waals surface area contributed by atoms with Crippen LogP contribution in [0.15, 0.2) is 48.5 Å². The van der Waals surface area contributed by atoms with Crippen molar-refractivity contribution in [2.75, 3.05) is 0 Å². The van der Waals surface area contributed by atoms with Crippen molar-refractivity contribution in [2.24, 2.45) is 10.8 Å². The van der Waals surface area contributed by atoms with Gasteiger partial charge in [0.2, 0.25) is 0 Å². The van der Waals surface area contributed by atoms with Crippen LogP contribution in [0, 0.1) is 10.8 Å². The second-order valence-corrected chi connectivity index (χ2v) is 15.9. The Labute approximate surface area is 299 Å². The molecule has 0 aliphatic heterocycles. The Kier molecular flexibility index (Phi) is 21.1.